The third-order valence-electron chi connectivity index (χ3n) is 4.54. The van der Waals surface area contributed by atoms with Crippen molar-refractivity contribution in [2.24, 2.45) is 0 Å². The lowest BCUT2D eigenvalue weighted by Crippen LogP contribution is -2.46. The summed E-state index contributed by atoms with van der Waals surface area (Å²) in [6.07, 6.45) is 3.89. The lowest BCUT2D eigenvalue weighted by molar-refractivity contribution is 0.245. The maximum atomic E-state index is 5.93. The van der Waals surface area contributed by atoms with Crippen LogP contribution in [-0.4, -0.2) is 51.8 Å². The zero-order chi connectivity index (χ0) is 17.9. The number of hydrogen-bond donors (Lipinski definition) is 0. The average Bonchev–Trinajstić information content (AvgIpc) is 3.07. The molecule has 3 aromatic rings. The molecular weight excluding hydrogens is 346 g/mol. The molecule has 0 N–H and O–H groups in total. The normalized spacial score (nSPS) is 15.7. The van der Waals surface area contributed by atoms with E-state index in [1.807, 2.05) is 18.5 Å². The summed E-state index contributed by atoms with van der Waals surface area (Å²) in [6.45, 7) is 8.85. The van der Waals surface area contributed by atoms with Crippen LogP contribution in [0.1, 0.15) is 18.1 Å². The van der Waals surface area contributed by atoms with Gasteiger partial charge in [-0.3, -0.25) is 4.90 Å². The van der Waals surface area contributed by atoms with Crippen molar-refractivity contribution in [2.75, 3.05) is 36.8 Å². The van der Waals surface area contributed by atoms with Crippen LogP contribution in [0.2, 0.25) is 0 Å². The minimum absolute atomic E-state index is 0.731. The second-order valence-corrected chi connectivity index (χ2v) is 7.77. The highest BCUT2D eigenvalue weighted by Crippen LogP contribution is 2.24. The van der Waals surface area contributed by atoms with E-state index in [-0.39, 0.29) is 0 Å². The van der Waals surface area contributed by atoms with E-state index in [4.69, 9.17) is 4.42 Å². The Morgan fingerprint density at radius 3 is 2.62 bits per heavy atom. The van der Waals surface area contributed by atoms with Gasteiger partial charge in [0.05, 0.1) is 0 Å². The van der Waals surface area contributed by atoms with E-state index in [1.165, 1.54) is 5.56 Å². The highest BCUT2D eigenvalue weighted by atomic mass is 32.2. The summed E-state index contributed by atoms with van der Waals surface area (Å²) in [5.74, 6) is 0.997. The first-order valence-corrected chi connectivity index (χ1v) is 9.98. The molecule has 7 heteroatoms. The fourth-order valence-electron chi connectivity index (χ4n) is 3.14. The van der Waals surface area contributed by atoms with E-state index in [0.29, 0.717) is 0 Å². The molecule has 4 rings (SSSR count). The zero-order valence-corrected chi connectivity index (χ0v) is 16.0. The Balaban J connectivity index is 1.35. The first-order valence-electron chi connectivity index (χ1n) is 8.99. The second kappa shape index (κ2) is 7.63. The molecule has 2 aromatic heterocycles. The van der Waals surface area contributed by atoms with Gasteiger partial charge in [-0.25, -0.2) is 9.97 Å². The molecule has 0 spiro atoms. The highest BCUT2D eigenvalue weighted by Gasteiger charge is 2.21. The number of hydrogen-bond acceptors (Lipinski definition) is 7. The number of rotatable bonds is 5. The maximum Gasteiger partial charge on any atom is 0.298 e. The Kier molecular flexibility index (Phi) is 5.08. The van der Waals surface area contributed by atoms with E-state index >= 15 is 0 Å². The van der Waals surface area contributed by atoms with Crippen LogP contribution in [0.15, 0.2) is 40.2 Å². The van der Waals surface area contributed by atoms with E-state index < -0.39 is 0 Å². The van der Waals surface area contributed by atoms with Crippen LogP contribution < -0.4 is 4.90 Å². The molecule has 1 saturated heterocycles. The van der Waals surface area contributed by atoms with Gasteiger partial charge in [0.25, 0.3) is 6.01 Å². The fourth-order valence-corrected chi connectivity index (χ4v) is 3.66. The van der Waals surface area contributed by atoms with Crippen molar-refractivity contribution in [1.29, 1.82) is 0 Å². The smallest absolute Gasteiger partial charge is 0.298 e. The molecule has 3 heterocycles. The summed E-state index contributed by atoms with van der Waals surface area (Å²) in [5.41, 5.74) is 4.16. The molecule has 0 saturated carbocycles. The molecule has 26 heavy (non-hydrogen) atoms. The third-order valence-corrected chi connectivity index (χ3v) is 5.29. The number of thioether (sulfide) groups is 1. The van der Waals surface area contributed by atoms with Gasteiger partial charge in [-0.05, 0) is 30.4 Å². The van der Waals surface area contributed by atoms with Gasteiger partial charge in [0.1, 0.15) is 5.52 Å². The molecular formula is C19H23N5OS. The Morgan fingerprint density at radius 1 is 1.12 bits per heavy atom. The van der Waals surface area contributed by atoms with E-state index in [9.17, 15) is 0 Å². The highest BCUT2D eigenvalue weighted by molar-refractivity contribution is 7.99. The Morgan fingerprint density at radius 2 is 1.88 bits per heavy atom. The first-order chi connectivity index (χ1) is 12.7. The zero-order valence-electron chi connectivity index (χ0n) is 15.2. The van der Waals surface area contributed by atoms with Gasteiger partial charge >= 0.3 is 0 Å². The molecule has 1 fully saturated rings. The molecule has 0 radical (unpaired) electrons. The molecule has 0 amide bonds. The Labute approximate surface area is 157 Å². The monoisotopic (exact) mass is 369 g/mol. The van der Waals surface area contributed by atoms with E-state index in [2.05, 4.69) is 50.7 Å². The number of benzene rings is 1. The van der Waals surface area contributed by atoms with Gasteiger partial charge in [0, 0.05) is 50.7 Å². The van der Waals surface area contributed by atoms with Gasteiger partial charge in [-0.2, -0.15) is 4.98 Å². The lowest BCUT2D eigenvalue weighted by atomic mass is 10.2. The predicted molar refractivity (Wildman–Crippen MR) is 105 cm³/mol. The maximum absolute atomic E-state index is 5.93. The molecule has 1 aromatic carbocycles. The van der Waals surface area contributed by atoms with Crippen molar-refractivity contribution >= 4 is 28.9 Å². The molecule has 1 aliphatic rings. The molecule has 0 atom stereocenters. The standard InChI is InChI=1S/C19H23N5OS/c1-3-26-18-20-11-15(12-21-18)13-23-6-8-24(9-7-23)19-22-16-10-14(2)4-5-17(16)25-19/h4-5,10-12H,3,6-9,13H2,1-2H3. The van der Waals surface area contributed by atoms with Gasteiger partial charge in [0.2, 0.25) is 0 Å². The second-order valence-electron chi connectivity index (χ2n) is 6.54. The van der Waals surface area contributed by atoms with Crippen LogP contribution in [0.3, 0.4) is 0 Å². The van der Waals surface area contributed by atoms with E-state index in [1.54, 1.807) is 11.8 Å². The Hall–Kier alpha value is -2.12. The largest absolute Gasteiger partial charge is 0.423 e. The number of aromatic nitrogens is 3. The first kappa shape index (κ1) is 17.3. The number of fused-ring (bicyclic) bond motifs is 1. The van der Waals surface area contributed by atoms with Gasteiger partial charge in [0.15, 0.2) is 10.7 Å². The van der Waals surface area contributed by atoms with Crippen molar-refractivity contribution < 1.29 is 4.42 Å². The number of nitrogens with zero attached hydrogens (tertiary/aromatic N) is 5. The van der Waals surface area contributed by atoms with Crippen molar-refractivity contribution in [3.63, 3.8) is 0 Å². The number of oxazole rings is 1. The number of piperazine rings is 1. The van der Waals surface area contributed by atoms with Gasteiger partial charge < -0.3 is 9.32 Å². The molecule has 1 aliphatic heterocycles. The quantitative estimate of drug-likeness (QED) is 0.505. The summed E-state index contributed by atoms with van der Waals surface area (Å²) in [6, 6.07) is 6.85. The molecule has 136 valence electrons. The number of anilines is 1. The van der Waals surface area contributed by atoms with E-state index in [0.717, 1.165) is 66.3 Å². The molecule has 0 bridgehead atoms. The summed E-state index contributed by atoms with van der Waals surface area (Å²) >= 11 is 1.67. The topological polar surface area (TPSA) is 58.3 Å². The fraction of sp³-hybridized carbons (Fsp3) is 0.421. The van der Waals surface area contributed by atoms with Gasteiger partial charge in [-0.1, -0.05) is 24.8 Å². The Bertz CT molecular complexity index is 871. The minimum Gasteiger partial charge on any atom is -0.423 e. The van der Waals surface area contributed by atoms with Crippen molar-refractivity contribution in [1.82, 2.24) is 19.9 Å². The van der Waals surface area contributed by atoms with Crippen LogP contribution in [0.25, 0.3) is 11.1 Å². The SMILES string of the molecule is CCSc1ncc(CN2CCN(c3nc4cc(C)ccc4o3)CC2)cn1. The van der Waals surface area contributed by atoms with Crippen molar-refractivity contribution in [2.45, 2.75) is 25.5 Å². The molecule has 0 unspecified atom stereocenters. The lowest BCUT2D eigenvalue weighted by Gasteiger charge is -2.33. The number of aryl methyl sites for hydroxylation is 1. The van der Waals surface area contributed by atoms with Crippen molar-refractivity contribution in [3.05, 3.63) is 41.7 Å². The van der Waals surface area contributed by atoms with Crippen LogP contribution in [0.5, 0.6) is 0 Å². The third kappa shape index (κ3) is 3.83. The minimum atomic E-state index is 0.731. The summed E-state index contributed by atoms with van der Waals surface area (Å²) in [4.78, 5) is 18.1. The van der Waals surface area contributed by atoms with Crippen LogP contribution in [0.4, 0.5) is 6.01 Å². The van der Waals surface area contributed by atoms with Gasteiger partial charge in [-0.15, -0.1) is 0 Å². The summed E-state index contributed by atoms with van der Waals surface area (Å²) in [5, 5.41) is 0.854. The molecule has 0 aliphatic carbocycles. The van der Waals surface area contributed by atoms with Crippen LogP contribution in [-0.2, 0) is 6.54 Å². The summed E-state index contributed by atoms with van der Waals surface area (Å²) in [7, 11) is 0. The summed E-state index contributed by atoms with van der Waals surface area (Å²) < 4.78 is 5.93. The average molecular weight is 369 g/mol. The van der Waals surface area contributed by atoms with Crippen LogP contribution in [0, 0.1) is 6.92 Å². The predicted octanol–water partition coefficient (Wildman–Crippen LogP) is 3.36. The molecule has 6 nitrogen and oxygen atoms in total. The van der Waals surface area contributed by atoms with Crippen molar-refractivity contribution in [3.8, 4) is 0 Å². The van der Waals surface area contributed by atoms with Crippen LogP contribution >= 0.6 is 11.8 Å².